The first-order valence-electron chi connectivity index (χ1n) is 5.98. The van der Waals surface area contributed by atoms with Crippen LogP contribution in [0.15, 0.2) is 11.0 Å². The van der Waals surface area contributed by atoms with Crippen molar-refractivity contribution in [3.05, 3.63) is 22.2 Å². The van der Waals surface area contributed by atoms with Crippen LogP contribution in [0.3, 0.4) is 0 Å². The number of rotatable bonds is 3. The van der Waals surface area contributed by atoms with Crippen LogP contribution < -0.4 is 17.2 Å². The minimum Gasteiger partial charge on any atom is -0.394 e. The third-order valence-electron chi connectivity index (χ3n) is 3.41. The van der Waals surface area contributed by atoms with Crippen LogP contribution in [0, 0.1) is 0 Å². The summed E-state index contributed by atoms with van der Waals surface area (Å²) < 4.78 is 33.9. The molecule has 4 atom stereocenters. The second-order valence-corrected chi connectivity index (χ2v) is 4.84. The fourth-order valence-corrected chi connectivity index (χ4v) is 2.11. The maximum atomic E-state index is 14.2. The fraction of sp³-hybridized carbons (Fsp3) is 0.545. The highest BCUT2D eigenvalue weighted by atomic mass is 19.2. The number of primary amides is 1. The molecule has 0 saturated carbocycles. The third kappa shape index (κ3) is 2.36. The van der Waals surface area contributed by atoms with E-state index >= 15 is 0 Å². The molecule has 0 spiro atoms. The van der Waals surface area contributed by atoms with Gasteiger partial charge in [-0.1, -0.05) is 0 Å². The Hall–Kier alpha value is -2.07. The van der Waals surface area contributed by atoms with Gasteiger partial charge in [-0.2, -0.15) is 4.98 Å². The van der Waals surface area contributed by atoms with E-state index in [0.29, 0.717) is 4.57 Å². The smallest absolute Gasteiger partial charge is 0.351 e. The van der Waals surface area contributed by atoms with Gasteiger partial charge < -0.3 is 21.3 Å². The minimum absolute atomic E-state index is 0.321. The molecule has 1 amide bonds. The summed E-state index contributed by atoms with van der Waals surface area (Å²) in [6.07, 6.45) is -4.53. The van der Waals surface area contributed by atoms with Crippen molar-refractivity contribution in [2.24, 2.45) is 5.73 Å². The van der Waals surface area contributed by atoms with Crippen molar-refractivity contribution in [2.45, 2.75) is 31.1 Å². The van der Waals surface area contributed by atoms with Gasteiger partial charge in [-0.15, -0.1) is 0 Å². The molecule has 1 aromatic heterocycles. The van der Waals surface area contributed by atoms with E-state index in [9.17, 15) is 18.4 Å². The average Bonchev–Trinajstić information content (AvgIpc) is 2.61. The Morgan fingerprint density at radius 3 is 2.76 bits per heavy atom. The Labute approximate surface area is 117 Å². The summed E-state index contributed by atoms with van der Waals surface area (Å²) in [5.41, 5.74) is 6.55. The van der Waals surface area contributed by atoms with Crippen molar-refractivity contribution in [3.8, 4) is 0 Å². The molecule has 1 aromatic rings. The lowest BCUT2D eigenvalue weighted by atomic mass is 9.98. The van der Waals surface area contributed by atoms with Crippen LogP contribution in [-0.2, 0) is 4.74 Å². The second-order valence-electron chi connectivity index (χ2n) is 4.84. The number of nitrogen functional groups attached to an aromatic ring is 1. The van der Waals surface area contributed by atoms with E-state index in [1.54, 1.807) is 0 Å². The Bertz CT molecular complexity index is 633. The van der Waals surface area contributed by atoms with Gasteiger partial charge in [-0.3, -0.25) is 9.36 Å². The molecule has 10 heteroatoms. The van der Waals surface area contributed by atoms with Crippen molar-refractivity contribution in [1.29, 1.82) is 0 Å². The van der Waals surface area contributed by atoms with Gasteiger partial charge in [0, 0.05) is 6.20 Å². The number of aromatic nitrogens is 2. The lowest BCUT2D eigenvalue weighted by Gasteiger charge is -2.20. The van der Waals surface area contributed by atoms with Crippen molar-refractivity contribution in [2.75, 3.05) is 12.3 Å². The number of hydrogen-bond acceptors (Lipinski definition) is 6. The molecule has 2 rings (SSSR count). The number of amides is 1. The Kier molecular flexibility index (Phi) is 3.68. The van der Waals surface area contributed by atoms with Crippen molar-refractivity contribution in [1.82, 2.24) is 9.55 Å². The SMILES string of the molecule is CC1(F)C(CO)OC(n2cc(C(N)=O)c(N)nc2=O)C1F. The van der Waals surface area contributed by atoms with Crippen LogP contribution in [0.4, 0.5) is 14.6 Å². The molecule has 1 saturated heterocycles. The molecule has 0 aliphatic carbocycles. The van der Waals surface area contributed by atoms with Crippen LogP contribution in [-0.4, -0.2) is 45.1 Å². The van der Waals surface area contributed by atoms with Crippen molar-refractivity contribution in [3.63, 3.8) is 0 Å². The Morgan fingerprint density at radius 1 is 1.67 bits per heavy atom. The number of nitrogens with two attached hydrogens (primary N) is 2. The molecule has 5 N–H and O–H groups in total. The summed E-state index contributed by atoms with van der Waals surface area (Å²) in [6.45, 7) is 0.132. The highest BCUT2D eigenvalue weighted by Crippen LogP contribution is 2.41. The molecule has 2 heterocycles. The van der Waals surface area contributed by atoms with E-state index in [1.165, 1.54) is 0 Å². The lowest BCUT2D eigenvalue weighted by molar-refractivity contribution is -0.0532. The van der Waals surface area contributed by atoms with Crippen LogP contribution in [0.5, 0.6) is 0 Å². The second kappa shape index (κ2) is 5.04. The molecular weight excluding hydrogens is 290 g/mol. The zero-order valence-corrected chi connectivity index (χ0v) is 11.0. The van der Waals surface area contributed by atoms with Gasteiger partial charge in [0.1, 0.15) is 11.9 Å². The van der Waals surface area contributed by atoms with E-state index in [2.05, 4.69) is 4.98 Å². The highest BCUT2D eigenvalue weighted by molar-refractivity contribution is 5.96. The summed E-state index contributed by atoms with van der Waals surface area (Å²) in [6, 6.07) is 0. The molecule has 8 nitrogen and oxygen atoms in total. The molecule has 1 aliphatic heterocycles. The van der Waals surface area contributed by atoms with Crippen molar-refractivity contribution < 1.29 is 23.4 Å². The first-order valence-corrected chi connectivity index (χ1v) is 5.98. The lowest BCUT2D eigenvalue weighted by Crippen LogP contribution is -2.40. The summed E-state index contributed by atoms with van der Waals surface area (Å²) in [5.74, 6) is -1.40. The van der Waals surface area contributed by atoms with Gasteiger partial charge in [0.05, 0.1) is 12.2 Å². The normalized spacial score (nSPS) is 32.3. The number of nitrogens with zero attached hydrogens (tertiary/aromatic N) is 2. The van der Waals surface area contributed by atoms with Crippen LogP contribution in [0.25, 0.3) is 0 Å². The van der Waals surface area contributed by atoms with Gasteiger partial charge in [-0.25, -0.2) is 13.6 Å². The number of ether oxygens (including phenoxy) is 1. The molecule has 1 fully saturated rings. The topological polar surface area (TPSA) is 133 Å². The number of halogens is 2. The van der Waals surface area contributed by atoms with E-state index in [-0.39, 0.29) is 5.56 Å². The minimum atomic E-state index is -2.51. The summed E-state index contributed by atoms with van der Waals surface area (Å²) in [4.78, 5) is 26.2. The van der Waals surface area contributed by atoms with Crippen molar-refractivity contribution >= 4 is 11.7 Å². The number of aliphatic hydroxyl groups excluding tert-OH is 1. The molecule has 1 aliphatic rings. The largest absolute Gasteiger partial charge is 0.394 e. The van der Waals surface area contributed by atoms with E-state index in [0.717, 1.165) is 13.1 Å². The van der Waals surface area contributed by atoms with E-state index in [1.807, 2.05) is 0 Å². The molecule has 21 heavy (non-hydrogen) atoms. The Balaban J connectivity index is 2.51. The monoisotopic (exact) mass is 304 g/mol. The highest BCUT2D eigenvalue weighted by Gasteiger charge is 2.56. The molecule has 0 radical (unpaired) electrons. The fourth-order valence-electron chi connectivity index (χ4n) is 2.11. The van der Waals surface area contributed by atoms with E-state index < -0.39 is 48.2 Å². The van der Waals surface area contributed by atoms with Gasteiger partial charge in [0.15, 0.2) is 18.1 Å². The van der Waals surface area contributed by atoms with Gasteiger partial charge in [0.25, 0.3) is 5.91 Å². The molecule has 0 bridgehead atoms. The molecule has 0 aromatic carbocycles. The number of aliphatic hydroxyl groups is 1. The quantitative estimate of drug-likeness (QED) is 0.647. The predicted octanol–water partition coefficient (Wildman–Crippen LogP) is -1.12. The number of anilines is 1. The number of alkyl halides is 2. The average molecular weight is 304 g/mol. The predicted molar refractivity (Wildman–Crippen MR) is 66.8 cm³/mol. The van der Waals surface area contributed by atoms with Gasteiger partial charge in [0.2, 0.25) is 0 Å². The number of carbonyl (C=O) groups is 1. The molecule has 4 unspecified atom stereocenters. The summed E-state index contributed by atoms with van der Waals surface area (Å²) >= 11 is 0. The standard InChI is InChI=1S/C11H14F2N4O4/c1-11(13)5(3-18)21-9(6(11)12)17-2-4(8(15)19)7(14)16-10(17)20/h2,5-6,9,18H,3H2,1H3,(H2,15,19)(H2,14,16,20). The third-order valence-corrected chi connectivity index (χ3v) is 3.41. The first kappa shape index (κ1) is 15.3. The first-order chi connectivity index (χ1) is 9.70. The van der Waals surface area contributed by atoms with Crippen LogP contribution >= 0.6 is 0 Å². The zero-order chi connectivity index (χ0) is 15.9. The molecule has 116 valence electrons. The summed E-state index contributed by atoms with van der Waals surface area (Å²) in [5, 5.41) is 9.01. The van der Waals surface area contributed by atoms with Crippen LogP contribution in [0.1, 0.15) is 23.5 Å². The maximum Gasteiger partial charge on any atom is 0.351 e. The van der Waals surface area contributed by atoms with Crippen LogP contribution in [0.2, 0.25) is 0 Å². The zero-order valence-electron chi connectivity index (χ0n) is 11.0. The number of hydrogen-bond donors (Lipinski definition) is 3. The maximum absolute atomic E-state index is 14.2. The number of carbonyl (C=O) groups excluding carboxylic acids is 1. The van der Waals surface area contributed by atoms with Gasteiger partial charge in [-0.05, 0) is 6.92 Å². The van der Waals surface area contributed by atoms with E-state index in [4.69, 9.17) is 21.3 Å². The van der Waals surface area contributed by atoms with Gasteiger partial charge >= 0.3 is 5.69 Å². The summed E-state index contributed by atoms with van der Waals surface area (Å²) in [7, 11) is 0. The molecular formula is C11H14F2N4O4. The Morgan fingerprint density at radius 2 is 2.29 bits per heavy atom.